The van der Waals surface area contributed by atoms with E-state index in [2.05, 4.69) is 29.5 Å². The van der Waals surface area contributed by atoms with Gasteiger partial charge in [0.2, 0.25) is 0 Å². The molecule has 156 valence electrons. The lowest BCUT2D eigenvalue weighted by Gasteiger charge is -2.06. The molecule has 0 atom stereocenters. The van der Waals surface area contributed by atoms with Crippen molar-refractivity contribution in [1.29, 1.82) is 0 Å². The van der Waals surface area contributed by atoms with Gasteiger partial charge in [-0.3, -0.25) is 4.18 Å². The predicted octanol–water partition coefficient (Wildman–Crippen LogP) is 7.48. The quantitative estimate of drug-likeness (QED) is 0.125. The van der Waals surface area contributed by atoms with Crippen LogP contribution in [0.1, 0.15) is 96.8 Å². The van der Waals surface area contributed by atoms with Gasteiger partial charge in [-0.15, -0.1) is 0 Å². The molecule has 3 nitrogen and oxygen atoms in total. The normalized spacial score (nSPS) is 11.8. The standard InChI is InChI=1S/C22H37IO3S/c1-2-3-4-5-6-7-8-9-10-11-12-13-14-15-20-26-27(24,25)22-18-16-21(23)17-19-22/h16-19H,2-15,20H2,1H3. The fraction of sp³-hybridized carbons (Fsp3) is 0.727. The number of benzene rings is 1. The molecule has 1 aromatic carbocycles. The van der Waals surface area contributed by atoms with Crippen molar-refractivity contribution >= 4 is 32.7 Å². The molecule has 1 rings (SSSR count). The number of unbranched alkanes of at least 4 members (excludes halogenated alkanes) is 13. The lowest BCUT2D eigenvalue weighted by molar-refractivity contribution is 0.306. The Balaban J connectivity index is 1.91. The van der Waals surface area contributed by atoms with Gasteiger partial charge in [0.25, 0.3) is 10.1 Å². The molecule has 0 N–H and O–H groups in total. The van der Waals surface area contributed by atoms with Gasteiger partial charge in [-0.25, -0.2) is 0 Å². The third kappa shape index (κ3) is 12.8. The monoisotopic (exact) mass is 508 g/mol. The summed E-state index contributed by atoms with van der Waals surface area (Å²) in [5.74, 6) is 0. The van der Waals surface area contributed by atoms with Gasteiger partial charge in [0, 0.05) is 3.57 Å². The molecule has 27 heavy (non-hydrogen) atoms. The van der Waals surface area contributed by atoms with Crippen molar-refractivity contribution in [2.24, 2.45) is 0 Å². The Kier molecular flexibility index (Phi) is 14.5. The van der Waals surface area contributed by atoms with Gasteiger partial charge >= 0.3 is 0 Å². The van der Waals surface area contributed by atoms with Gasteiger partial charge in [0.1, 0.15) is 0 Å². The average Bonchev–Trinajstić information content (AvgIpc) is 2.65. The Morgan fingerprint density at radius 2 is 1.11 bits per heavy atom. The van der Waals surface area contributed by atoms with E-state index in [4.69, 9.17) is 4.18 Å². The summed E-state index contributed by atoms with van der Waals surface area (Å²) in [6, 6.07) is 6.76. The highest BCUT2D eigenvalue weighted by Gasteiger charge is 2.14. The Morgan fingerprint density at radius 3 is 1.56 bits per heavy atom. The van der Waals surface area contributed by atoms with E-state index < -0.39 is 10.1 Å². The SMILES string of the molecule is CCCCCCCCCCCCCCCCOS(=O)(=O)c1ccc(I)cc1. The number of hydrogen-bond acceptors (Lipinski definition) is 3. The van der Waals surface area contributed by atoms with Crippen LogP contribution in [0.4, 0.5) is 0 Å². The lowest BCUT2D eigenvalue weighted by Crippen LogP contribution is -2.07. The van der Waals surface area contributed by atoms with Crippen molar-refractivity contribution in [3.63, 3.8) is 0 Å². The first-order valence-electron chi connectivity index (χ1n) is 10.7. The van der Waals surface area contributed by atoms with Gasteiger partial charge in [-0.05, 0) is 53.3 Å². The Bertz CT molecular complexity index is 570. The highest BCUT2D eigenvalue weighted by atomic mass is 127. The Hall–Kier alpha value is -0.140. The van der Waals surface area contributed by atoms with Gasteiger partial charge in [0.15, 0.2) is 0 Å². The second-order valence-electron chi connectivity index (χ2n) is 7.33. The molecule has 0 saturated carbocycles. The molecule has 1 aromatic rings. The average molecular weight is 509 g/mol. The van der Waals surface area contributed by atoms with E-state index >= 15 is 0 Å². The van der Waals surface area contributed by atoms with Crippen LogP contribution >= 0.6 is 22.6 Å². The van der Waals surface area contributed by atoms with E-state index in [1.807, 2.05) is 0 Å². The first-order valence-corrected chi connectivity index (χ1v) is 13.2. The third-order valence-electron chi connectivity index (χ3n) is 4.84. The van der Waals surface area contributed by atoms with Gasteiger partial charge in [-0.1, -0.05) is 90.4 Å². The second-order valence-corrected chi connectivity index (χ2v) is 10.2. The molecule has 0 spiro atoms. The van der Waals surface area contributed by atoms with Crippen LogP contribution in [0, 0.1) is 3.57 Å². The summed E-state index contributed by atoms with van der Waals surface area (Å²) in [7, 11) is -3.60. The molecule has 0 aliphatic rings. The Labute approximate surface area is 180 Å². The summed E-state index contributed by atoms with van der Waals surface area (Å²) in [5.41, 5.74) is 0. The molecule has 5 heteroatoms. The van der Waals surface area contributed by atoms with E-state index in [0.717, 1.165) is 16.4 Å². The fourth-order valence-electron chi connectivity index (χ4n) is 3.13. The number of halogens is 1. The molecular formula is C22H37IO3S. The maximum absolute atomic E-state index is 12.1. The molecule has 0 unspecified atom stereocenters. The largest absolute Gasteiger partial charge is 0.296 e. The second kappa shape index (κ2) is 15.7. The molecule has 0 bridgehead atoms. The van der Waals surface area contributed by atoms with Gasteiger partial charge in [0.05, 0.1) is 11.5 Å². The molecule has 0 aromatic heterocycles. The summed E-state index contributed by atoms with van der Waals surface area (Å²) in [5, 5.41) is 0. The summed E-state index contributed by atoms with van der Waals surface area (Å²) < 4.78 is 30.3. The van der Waals surface area contributed by atoms with E-state index in [-0.39, 0.29) is 11.5 Å². The molecule has 0 aliphatic carbocycles. The Morgan fingerprint density at radius 1 is 0.704 bits per heavy atom. The van der Waals surface area contributed by atoms with Crippen LogP contribution in [0.5, 0.6) is 0 Å². The third-order valence-corrected chi connectivity index (χ3v) is 6.88. The molecule has 0 aliphatic heterocycles. The van der Waals surface area contributed by atoms with Crippen LogP contribution in [0.25, 0.3) is 0 Å². The lowest BCUT2D eigenvalue weighted by atomic mass is 10.0. The first-order chi connectivity index (χ1) is 13.1. The first kappa shape index (κ1) is 24.9. The minimum absolute atomic E-state index is 0.244. The van der Waals surface area contributed by atoms with Crippen LogP contribution in [0.15, 0.2) is 29.2 Å². The smallest absolute Gasteiger partial charge is 0.266 e. The molecule has 0 fully saturated rings. The summed E-state index contributed by atoms with van der Waals surface area (Å²) in [6.07, 6.45) is 18.0. The molecule has 0 amide bonds. The minimum Gasteiger partial charge on any atom is -0.266 e. The van der Waals surface area contributed by atoms with E-state index in [1.54, 1.807) is 24.3 Å². The zero-order chi connectivity index (χ0) is 19.8. The van der Waals surface area contributed by atoms with E-state index in [9.17, 15) is 8.42 Å². The summed E-state index contributed by atoms with van der Waals surface area (Å²) >= 11 is 2.15. The summed E-state index contributed by atoms with van der Waals surface area (Å²) in [6.45, 7) is 2.55. The fourth-order valence-corrected chi connectivity index (χ4v) is 4.44. The zero-order valence-corrected chi connectivity index (χ0v) is 19.9. The van der Waals surface area contributed by atoms with Crippen molar-refractivity contribution in [2.45, 2.75) is 102 Å². The van der Waals surface area contributed by atoms with E-state index in [0.29, 0.717) is 0 Å². The number of rotatable bonds is 17. The predicted molar refractivity (Wildman–Crippen MR) is 123 cm³/mol. The number of hydrogen-bond donors (Lipinski definition) is 0. The molecular weight excluding hydrogens is 471 g/mol. The maximum Gasteiger partial charge on any atom is 0.296 e. The van der Waals surface area contributed by atoms with Crippen molar-refractivity contribution < 1.29 is 12.6 Å². The van der Waals surface area contributed by atoms with Crippen LogP contribution in [-0.2, 0) is 14.3 Å². The van der Waals surface area contributed by atoms with Gasteiger partial charge < -0.3 is 0 Å². The van der Waals surface area contributed by atoms with Crippen molar-refractivity contribution in [3.05, 3.63) is 27.8 Å². The molecule has 0 radical (unpaired) electrons. The van der Waals surface area contributed by atoms with Crippen LogP contribution in [0.2, 0.25) is 0 Å². The zero-order valence-electron chi connectivity index (χ0n) is 16.9. The minimum atomic E-state index is -3.60. The molecule has 0 saturated heterocycles. The van der Waals surface area contributed by atoms with Crippen molar-refractivity contribution in [2.75, 3.05) is 6.61 Å². The maximum atomic E-state index is 12.1. The topological polar surface area (TPSA) is 43.4 Å². The van der Waals surface area contributed by atoms with Crippen molar-refractivity contribution in [3.8, 4) is 0 Å². The van der Waals surface area contributed by atoms with Crippen LogP contribution < -0.4 is 0 Å². The van der Waals surface area contributed by atoms with E-state index in [1.165, 1.54) is 77.0 Å². The van der Waals surface area contributed by atoms with Crippen LogP contribution in [0.3, 0.4) is 0 Å². The van der Waals surface area contributed by atoms with Crippen molar-refractivity contribution in [1.82, 2.24) is 0 Å². The summed E-state index contributed by atoms with van der Waals surface area (Å²) in [4.78, 5) is 0.244. The van der Waals surface area contributed by atoms with Gasteiger partial charge in [-0.2, -0.15) is 8.42 Å². The highest BCUT2D eigenvalue weighted by molar-refractivity contribution is 14.1. The van der Waals surface area contributed by atoms with Crippen LogP contribution in [-0.4, -0.2) is 15.0 Å². The molecule has 0 heterocycles. The highest BCUT2D eigenvalue weighted by Crippen LogP contribution is 2.16.